The minimum Gasteiger partial charge on any atom is -0.497 e. The minimum absolute atomic E-state index is 0.171. The summed E-state index contributed by atoms with van der Waals surface area (Å²) in [5.74, 6) is -1.25. The fourth-order valence-corrected chi connectivity index (χ4v) is 6.29. The summed E-state index contributed by atoms with van der Waals surface area (Å²) in [5.41, 5.74) is 1.15. The van der Waals surface area contributed by atoms with Crippen molar-refractivity contribution in [3.8, 4) is 5.75 Å². The average molecular weight is 467 g/mol. The van der Waals surface area contributed by atoms with Crippen LogP contribution in [0.15, 0.2) is 72.8 Å². The molecule has 0 bridgehead atoms. The highest BCUT2D eigenvalue weighted by Gasteiger charge is 2.71. The number of Topliss-reactive ketones (excluding diaryl/α,β-unsaturated/α-hetero) is 3. The van der Waals surface area contributed by atoms with Gasteiger partial charge in [-0.15, -0.1) is 0 Å². The molecule has 1 fully saturated rings. The second-order valence-electron chi connectivity index (χ2n) is 9.29. The van der Waals surface area contributed by atoms with Crippen molar-refractivity contribution in [1.29, 1.82) is 0 Å². The number of carbonyl (C=O) groups excluding carboxylic acids is 3. The number of halogens is 1. The van der Waals surface area contributed by atoms with E-state index in [4.69, 9.17) is 4.74 Å². The van der Waals surface area contributed by atoms with Crippen LogP contribution >= 0.6 is 0 Å². The van der Waals surface area contributed by atoms with Crippen LogP contribution in [0.4, 0.5) is 10.1 Å². The Balaban J connectivity index is 1.66. The molecule has 6 heteroatoms. The average Bonchev–Trinajstić information content (AvgIpc) is 3.30. The molecule has 0 radical (unpaired) electrons. The van der Waals surface area contributed by atoms with Crippen LogP contribution in [0.5, 0.6) is 5.75 Å². The monoisotopic (exact) mass is 467 g/mol. The normalized spacial score (nSPS) is 23.3. The number of carbonyl (C=O) groups is 3. The number of benzene rings is 3. The summed E-state index contributed by atoms with van der Waals surface area (Å²) in [6.07, 6.45) is 3.53. The molecule has 1 aliphatic carbocycles. The maximum absolute atomic E-state index is 14.2. The zero-order valence-corrected chi connectivity index (χ0v) is 19.2. The number of nitrogens with zero attached hydrogens (tertiary/aromatic N) is 1. The van der Waals surface area contributed by atoms with Gasteiger partial charge in [-0.25, -0.2) is 4.39 Å². The molecule has 1 saturated heterocycles. The van der Waals surface area contributed by atoms with Crippen LogP contribution in [0.1, 0.15) is 44.7 Å². The molecule has 5 nitrogen and oxygen atoms in total. The number of ether oxygens (including phenoxy) is 1. The number of hydrogen-bond acceptors (Lipinski definition) is 5. The van der Waals surface area contributed by atoms with E-state index in [-0.39, 0.29) is 17.3 Å². The fourth-order valence-electron chi connectivity index (χ4n) is 6.29. The van der Waals surface area contributed by atoms with E-state index in [2.05, 4.69) is 0 Å². The maximum atomic E-state index is 14.2. The van der Waals surface area contributed by atoms with Crippen LogP contribution in [-0.4, -0.2) is 36.5 Å². The van der Waals surface area contributed by atoms with Crippen molar-refractivity contribution in [1.82, 2.24) is 0 Å². The number of fused-ring (bicyclic) bond motifs is 5. The molecule has 3 aromatic carbocycles. The quantitative estimate of drug-likeness (QED) is 0.515. The summed E-state index contributed by atoms with van der Waals surface area (Å²) < 4.78 is 19.4. The molecule has 2 heterocycles. The number of hydrogen-bond donors (Lipinski definition) is 0. The van der Waals surface area contributed by atoms with E-state index in [9.17, 15) is 18.8 Å². The van der Waals surface area contributed by atoms with Gasteiger partial charge in [-0.2, -0.15) is 0 Å². The largest absolute Gasteiger partial charge is 0.497 e. The van der Waals surface area contributed by atoms with Gasteiger partial charge in [0.2, 0.25) is 0 Å². The zero-order valence-electron chi connectivity index (χ0n) is 19.2. The molecular weight excluding hydrogens is 445 g/mol. The van der Waals surface area contributed by atoms with E-state index in [0.717, 1.165) is 0 Å². The number of anilines is 1. The highest BCUT2D eigenvalue weighted by molar-refractivity contribution is 6.32. The van der Waals surface area contributed by atoms with Crippen LogP contribution < -0.4 is 9.64 Å². The lowest BCUT2D eigenvalue weighted by Gasteiger charge is -2.37. The number of methoxy groups -OCH3 is 1. The summed E-state index contributed by atoms with van der Waals surface area (Å²) >= 11 is 0. The van der Waals surface area contributed by atoms with Crippen LogP contribution in [0.2, 0.25) is 0 Å². The Kier molecular flexibility index (Phi) is 4.58. The Bertz CT molecular complexity index is 1410. The zero-order chi connectivity index (χ0) is 24.5. The van der Waals surface area contributed by atoms with Crippen molar-refractivity contribution in [3.05, 3.63) is 101 Å². The molecule has 0 unspecified atom stereocenters. The fraction of sp³-hybridized carbons (Fsp3) is 0.207. The Morgan fingerprint density at radius 2 is 1.63 bits per heavy atom. The van der Waals surface area contributed by atoms with Crippen molar-refractivity contribution in [3.63, 3.8) is 0 Å². The standard InChI is InChI=1S/C29H22FNO4/c1-16(32)26-25(17-7-11-20(35-2)12-8-17)29(27(33)21-5-3-4-6-22(21)28(29)34)24-14-9-18-15-19(30)10-13-23(18)31(24)26/h3-15,24-26H,1-2H3/t24-,25-,26+/m1/s1. The first-order valence-corrected chi connectivity index (χ1v) is 11.5. The van der Waals surface area contributed by atoms with E-state index in [1.165, 1.54) is 19.1 Å². The topological polar surface area (TPSA) is 63.7 Å². The Morgan fingerprint density at radius 1 is 0.971 bits per heavy atom. The predicted octanol–water partition coefficient (Wildman–Crippen LogP) is 4.86. The van der Waals surface area contributed by atoms with E-state index in [1.54, 1.807) is 61.7 Å². The molecule has 3 aliphatic rings. The molecule has 6 rings (SSSR count). The van der Waals surface area contributed by atoms with Gasteiger partial charge < -0.3 is 9.64 Å². The first kappa shape index (κ1) is 21.5. The van der Waals surface area contributed by atoms with Gasteiger partial charge in [0.15, 0.2) is 17.3 Å². The lowest BCUT2D eigenvalue weighted by Crippen LogP contribution is -2.48. The van der Waals surface area contributed by atoms with Gasteiger partial charge in [0, 0.05) is 28.3 Å². The van der Waals surface area contributed by atoms with Gasteiger partial charge in [-0.05, 0) is 42.8 Å². The second-order valence-corrected chi connectivity index (χ2v) is 9.29. The smallest absolute Gasteiger partial charge is 0.180 e. The Hall–Kier alpha value is -4.06. The highest BCUT2D eigenvalue weighted by atomic mass is 19.1. The van der Waals surface area contributed by atoms with Gasteiger partial charge in [0.1, 0.15) is 17.0 Å². The molecular formula is C29H22FNO4. The molecule has 3 aromatic rings. The predicted molar refractivity (Wildman–Crippen MR) is 129 cm³/mol. The Labute approximate surface area is 201 Å². The summed E-state index contributed by atoms with van der Waals surface area (Å²) in [6.45, 7) is 1.48. The molecule has 0 aromatic heterocycles. The van der Waals surface area contributed by atoms with E-state index < -0.39 is 29.2 Å². The van der Waals surface area contributed by atoms with Crippen molar-refractivity contribution in [2.75, 3.05) is 12.0 Å². The summed E-state index contributed by atoms with van der Waals surface area (Å²) in [5, 5.41) is 0. The molecule has 1 spiro atoms. The molecule has 0 saturated carbocycles. The van der Waals surface area contributed by atoms with Crippen molar-refractivity contribution < 1.29 is 23.5 Å². The summed E-state index contributed by atoms with van der Waals surface area (Å²) in [6, 6.07) is 16.9. The molecule has 2 aliphatic heterocycles. The van der Waals surface area contributed by atoms with Crippen molar-refractivity contribution >= 4 is 29.1 Å². The third kappa shape index (κ3) is 2.71. The van der Waals surface area contributed by atoms with E-state index >= 15 is 0 Å². The molecule has 0 amide bonds. The third-order valence-electron chi connectivity index (χ3n) is 7.66. The number of ketones is 3. The first-order valence-electron chi connectivity index (χ1n) is 11.5. The van der Waals surface area contributed by atoms with Crippen LogP contribution in [0, 0.1) is 11.2 Å². The lowest BCUT2D eigenvalue weighted by atomic mass is 9.64. The third-order valence-corrected chi connectivity index (χ3v) is 7.66. The van der Waals surface area contributed by atoms with Gasteiger partial charge >= 0.3 is 0 Å². The lowest BCUT2D eigenvalue weighted by molar-refractivity contribution is -0.118. The van der Waals surface area contributed by atoms with Crippen LogP contribution in [-0.2, 0) is 4.79 Å². The highest BCUT2D eigenvalue weighted by Crippen LogP contribution is 2.60. The summed E-state index contributed by atoms with van der Waals surface area (Å²) in [7, 11) is 1.56. The minimum atomic E-state index is -1.53. The van der Waals surface area contributed by atoms with Gasteiger partial charge in [0.05, 0.1) is 19.2 Å². The van der Waals surface area contributed by atoms with Gasteiger partial charge in [-0.3, -0.25) is 14.4 Å². The molecule has 0 N–H and O–H groups in total. The maximum Gasteiger partial charge on any atom is 0.180 e. The Morgan fingerprint density at radius 3 is 2.23 bits per heavy atom. The van der Waals surface area contributed by atoms with Crippen LogP contribution in [0.3, 0.4) is 0 Å². The van der Waals surface area contributed by atoms with Gasteiger partial charge in [0.25, 0.3) is 0 Å². The number of rotatable bonds is 3. The SMILES string of the molecule is COc1ccc([C@@H]2[C@H](C(C)=O)N3c4ccc(F)cc4C=C[C@@H]3C23C(=O)c2ccccc2C3=O)cc1. The van der Waals surface area contributed by atoms with E-state index in [1.807, 2.05) is 17.0 Å². The first-order chi connectivity index (χ1) is 16.9. The van der Waals surface area contributed by atoms with Crippen LogP contribution in [0.25, 0.3) is 6.08 Å². The molecule has 3 atom stereocenters. The van der Waals surface area contributed by atoms with Crippen molar-refractivity contribution in [2.45, 2.75) is 24.9 Å². The molecule has 174 valence electrons. The summed E-state index contributed by atoms with van der Waals surface area (Å²) in [4.78, 5) is 43.7. The molecule has 35 heavy (non-hydrogen) atoms. The second kappa shape index (κ2) is 7.47. The van der Waals surface area contributed by atoms with E-state index in [0.29, 0.717) is 33.7 Å². The van der Waals surface area contributed by atoms with Gasteiger partial charge in [-0.1, -0.05) is 48.6 Å². The van der Waals surface area contributed by atoms with Crippen molar-refractivity contribution in [2.24, 2.45) is 5.41 Å².